The van der Waals surface area contributed by atoms with Crippen LogP contribution in [0, 0.1) is 0 Å². The zero-order valence-electron chi connectivity index (χ0n) is 13.6. The molecule has 0 spiro atoms. The molecule has 1 aromatic heterocycles. The molecule has 2 aromatic rings. The maximum Gasteiger partial charge on any atom is 0.329 e. The smallest absolute Gasteiger partial charge is 0.329 e. The lowest BCUT2D eigenvalue weighted by Gasteiger charge is -2.34. The van der Waals surface area contributed by atoms with E-state index in [1.807, 2.05) is 38.1 Å². The number of H-pyrrole nitrogens is 1. The van der Waals surface area contributed by atoms with Gasteiger partial charge in [0.25, 0.3) is 0 Å². The van der Waals surface area contributed by atoms with Gasteiger partial charge in [0.15, 0.2) is 0 Å². The third-order valence-electron chi connectivity index (χ3n) is 4.15. The van der Waals surface area contributed by atoms with Crippen molar-refractivity contribution < 1.29 is 14.3 Å². The molecule has 0 aliphatic carbocycles. The van der Waals surface area contributed by atoms with Gasteiger partial charge < -0.3 is 19.9 Å². The van der Waals surface area contributed by atoms with E-state index in [-0.39, 0.29) is 18.0 Å². The molecule has 1 atom stereocenters. The Morgan fingerprint density at radius 1 is 1.35 bits per heavy atom. The summed E-state index contributed by atoms with van der Waals surface area (Å²) >= 11 is 0. The number of nitrogens with one attached hydrogen (secondary N) is 2. The second-order valence-corrected chi connectivity index (χ2v) is 6.10. The van der Waals surface area contributed by atoms with Crippen LogP contribution in [0.4, 0.5) is 4.79 Å². The van der Waals surface area contributed by atoms with Crippen molar-refractivity contribution in [3.63, 3.8) is 0 Å². The summed E-state index contributed by atoms with van der Waals surface area (Å²) in [7, 11) is 1.35. The number of fused-ring (bicyclic) bond motifs is 3. The molecule has 23 heavy (non-hydrogen) atoms. The maximum absolute atomic E-state index is 12.5. The van der Waals surface area contributed by atoms with Gasteiger partial charge in [-0.15, -0.1) is 0 Å². The van der Waals surface area contributed by atoms with Crippen molar-refractivity contribution in [2.75, 3.05) is 7.11 Å². The summed E-state index contributed by atoms with van der Waals surface area (Å²) < 4.78 is 4.91. The Morgan fingerprint density at radius 3 is 2.78 bits per heavy atom. The Hall–Kier alpha value is -2.50. The molecule has 6 nitrogen and oxygen atoms in total. The first-order valence-electron chi connectivity index (χ1n) is 7.74. The Kier molecular flexibility index (Phi) is 3.98. The number of ether oxygens (including phenoxy) is 1. The number of benzene rings is 1. The number of rotatable bonds is 2. The van der Waals surface area contributed by atoms with Crippen LogP contribution in [0.1, 0.15) is 25.1 Å². The van der Waals surface area contributed by atoms with Gasteiger partial charge in [-0.05, 0) is 25.5 Å². The van der Waals surface area contributed by atoms with Crippen LogP contribution in [0.5, 0.6) is 0 Å². The molecule has 0 saturated heterocycles. The highest BCUT2D eigenvalue weighted by atomic mass is 16.5. The van der Waals surface area contributed by atoms with Gasteiger partial charge in [0.2, 0.25) is 0 Å². The molecule has 1 aliphatic heterocycles. The van der Waals surface area contributed by atoms with E-state index < -0.39 is 6.04 Å². The number of urea groups is 1. The van der Waals surface area contributed by atoms with Crippen molar-refractivity contribution in [3.05, 3.63) is 35.5 Å². The number of methoxy groups -OCH3 is 1. The van der Waals surface area contributed by atoms with Gasteiger partial charge in [-0.2, -0.15) is 0 Å². The molecular weight excluding hydrogens is 294 g/mol. The van der Waals surface area contributed by atoms with Gasteiger partial charge in [-0.1, -0.05) is 18.2 Å². The fourth-order valence-electron chi connectivity index (χ4n) is 3.10. The summed E-state index contributed by atoms with van der Waals surface area (Å²) in [5, 5.41) is 3.95. The van der Waals surface area contributed by atoms with E-state index in [0.717, 1.165) is 22.2 Å². The third kappa shape index (κ3) is 2.76. The molecule has 3 rings (SSSR count). The zero-order chi connectivity index (χ0) is 16.6. The van der Waals surface area contributed by atoms with E-state index in [1.165, 1.54) is 7.11 Å². The third-order valence-corrected chi connectivity index (χ3v) is 4.15. The fraction of sp³-hybridized carbons (Fsp3) is 0.412. The Labute approximate surface area is 134 Å². The lowest BCUT2D eigenvalue weighted by atomic mass is 9.97. The number of hydrogen-bond donors (Lipinski definition) is 2. The minimum absolute atomic E-state index is 0.00454. The molecule has 2 heterocycles. The van der Waals surface area contributed by atoms with Crippen molar-refractivity contribution in [1.82, 2.24) is 15.2 Å². The van der Waals surface area contributed by atoms with Crippen molar-refractivity contribution in [2.45, 2.75) is 38.9 Å². The molecule has 0 saturated carbocycles. The predicted octanol–water partition coefficient (Wildman–Crippen LogP) is 2.19. The fourth-order valence-corrected chi connectivity index (χ4v) is 3.10. The molecule has 1 aromatic carbocycles. The number of hydrogen-bond acceptors (Lipinski definition) is 3. The van der Waals surface area contributed by atoms with E-state index in [0.29, 0.717) is 13.0 Å². The number of nitrogens with zero attached hydrogens (tertiary/aromatic N) is 1. The summed E-state index contributed by atoms with van der Waals surface area (Å²) in [6, 6.07) is 7.12. The normalized spacial score (nSPS) is 17.2. The van der Waals surface area contributed by atoms with Crippen LogP contribution in [-0.2, 0) is 22.5 Å². The van der Waals surface area contributed by atoms with Gasteiger partial charge in [0.1, 0.15) is 6.04 Å². The highest BCUT2D eigenvalue weighted by Gasteiger charge is 2.37. The van der Waals surface area contributed by atoms with Crippen LogP contribution in [0.15, 0.2) is 24.3 Å². The summed E-state index contributed by atoms with van der Waals surface area (Å²) in [5.41, 5.74) is 3.09. The summed E-state index contributed by atoms with van der Waals surface area (Å²) in [5.74, 6) is -0.389. The second kappa shape index (κ2) is 5.95. The number of aromatic nitrogens is 1. The molecule has 2 amide bonds. The largest absolute Gasteiger partial charge is 0.467 e. The Morgan fingerprint density at radius 2 is 2.09 bits per heavy atom. The van der Waals surface area contributed by atoms with E-state index in [2.05, 4.69) is 10.3 Å². The number of para-hydroxylation sites is 1. The number of aromatic amines is 1. The van der Waals surface area contributed by atoms with Crippen molar-refractivity contribution in [3.8, 4) is 0 Å². The van der Waals surface area contributed by atoms with Gasteiger partial charge in [0.05, 0.1) is 13.7 Å². The molecule has 0 radical (unpaired) electrons. The molecule has 6 heteroatoms. The van der Waals surface area contributed by atoms with Crippen LogP contribution < -0.4 is 5.32 Å². The highest BCUT2D eigenvalue weighted by molar-refractivity contribution is 5.89. The van der Waals surface area contributed by atoms with Gasteiger partial charge in [-0.25, -0.2) is 9.59 Å². The van der Waals surface area contributed by atoms with Crippen LogP contribution in [0.2, 0.25) is 0 Å². The molecule has 0 unspecified atom stereocenters. The van der Waals surface area contributed by atoms with Crippen LogP contribution in [0.3, 0.4) is 0 Å². The van der Waals surface area contributed by atoms with E-state index in [9.17, 15) is 9.59 Å². The lowest BCUT2D eigenvalue weighted by molar-refractivity contribution is -0.146. The predicted molar refractivity (Wildman–Crippen MR) is 87.0 cm³/mol. The van der Waals surface area contributed by atoms with Crippen LogP contribution >= 0.6 is 0 Å². The molecule has 0 bridgehead atoms. The van der Waals surface area contributed by atoms with Gasteiger partial charge >= 0.3 is 12.0 Å². The standard InChI is InChI=1S/C17H21N3O3/c1-10(2)18-17(22)20-9-14-12(8-15(20)16(21)23-3)11-6-4-5-7-13(11)19-14/h4-7,10,15,19H,8-9H2,1-3H3,(H,18,22)/t15-/m1/s1. The number of esters is 1. The number of amides is 2. The average Bonchev–Trinajstić information content (AvgIpc) is 2.89. The van der Waals surface area contributed by atoms with Gasteiger partial charge in [0, 0.05) is 29.1 Å². The van der Waals surface area contributed by atoms with Crippen LogP contribution in [0.25, 0.3) is 10.9 Å². The maximum atomic E-state index is 12.5. The van der Waals surface area contributed by atoms with Gasteiger partial charge in [-0.3, -0.25) is 0 Å². The van der Waals surface area contributed by atoms with Crippen molar-refractivity contribution >= 4 is 22.9 Å². The second-order valence-electron chi connectivity index (χ2n) is 6.10. The minimum atomic E-state index is -0.606. The molecular formula is C17H21N3O3. The minimum Gasteiger partial charge on any atom is -0.467 e. The first-order valence-corrected chi connectivity index (χ1v) is 7.74. The summed E-state index contributed by atoms with van der Waals surface area (Å²) in [6.45, 7) is 4.15. The van der Waals surface area contributed by atoms with Crippen molar-refractivity contribution in [1.29, 1.82) is 0 Å². The van der Waals surface area contributed by atoms with Crippen molar-refractivity contribution in [2.24, 2.45) is 0 Å². The highest BCUT2D eigenvalue weighted by Crippen LogP contribution is 2.30. The SMILES string of the molecule is COC(=O)[C@H]1Cc2c([nH]c3ccccc23)CN1C(=O)NC(C)C. The molecule has 122 valence electrons. The van der Waals surface area contributed by atoms with E-state index >= 15 is 0 Å². The lowest BCUT2D eigenvalue weighted by Crippen LogP contribution is -2.53. The summed E-state index contributed by atoms with van der Waals surface area (Å²) in [6.07, 6.45) is 0.456. The first kappa shape index (κ1) is 15.4. The zero-order valence-corrected chi connectivity index (χ0v) is 13.6. The van der Waals surface area contributed by atoms with Crippen LogP contribution in [-0.4, -0.2) is 41.1 Å². The molecule has 2 N–H and O–H groups in total. The monoisotopic (exact) mass is 315 g/mol. The molecule has 0 fully saturated rings. The first-order chi connectivity index (χ1) is 11.0. The van der Waals surface area contributed by atoms with E-state index in [1.54, 1.807) is 4.90 Å². The Bertz CT molecular complexity index is 751. The Balaban J connectivity index is 2.00. The molecule has 1 aliphatic rings. The number of carbonyl (C=O) groups excluding carboxylic acids is 2. The average molecular weight is 315 g/mol. The number of carbonyl (C=O) groups is 2. The van der Waals surface area contributed by atoms with E-state index in [4.69, 9.17) is 4.74 Å². The topological polar surface area (TPSA) is 74.4 Å². The quantitative estimate of drug-likeness (QED) is 0.834. The summed E-state index contributed by atoms with van der Waals surface area (Å²) in [4.78, 5) is 29.5.